The average molecular weight is 512 g/mol. The number of carbonyl (C=O) groups excluding carboxylic acids is 3. The number of benzene rings is 2. The first-order chi connectivity index (χ1) is 17.3. The third-order valence-corrected chi connectivity index (χ3v) is 5.29. The van der Waals surface area contributed by atoms with Crippen molar-refractivity contribution in [2.24, 2.45) is 0 Å². The van der Waals surface area contributed by atoms with E-state index in [2.05, 4.69) is 10.6 Å². The molecule has 0 unspecified atom stereocenters. The second-order valence-corrected chi connectivity index (χ2v) is 10.9. The summed E-state index contributed by atoms with van der Waals surface area (Å²) in [5.41, 5.74) is -1.08. The van der Waals surface area contributed by atoms with Crippen molar-refractivity contribution >= 4 is 23.8 Å². The number of ether oxygens (including phenoxy) is 3. The van der Waals surface area contributed by atoms with Gasteiger partial charge in [-0.25, -0.2) is 14.5 Å². The molecule has 1 saturated heterocycles. The molecular weight excluding hydrogens is 474 g/mol. The van der Waals surface area contributed by atoms with Gasteiger partial charge in [-0.2, -0.15) is 0 Å². The largest absolute Gasteiger partial charge is 0.457 e. The molecule has 200 valence electrons. The van der Waals surface area contributed by atoms with Crippen LogP contribution in [-0.2, 0) is 14.3 Å². The zero-order valence-electron chi connectivity index (χ0n) is 22.4. The first-order valence-electron chi connectivity index (χ1n) is 12.4. The van der Waals surface area contributed by atoms with Gasteiger partial charge in [-0.1, -0.05) is 18.2 Å². The monoisotopic (exact) mass is 511 g/mol. The summed E-state index contributed by atoms with van der Waals surface area (Å²) in [6.45, 7) is 11.1. The molecule has 2 atom stereocenters. The molecular formula is C28H37N3O6. The molecule has 1 aliphatic heterocycles. The normalized spacial score (nSPS) is 17.9. The van der Waals surface area contributed by atoms with E-state index in [-0.39, 0.29) is 6.04 Å². The first-order valence-corrected chi connectivity index (χ1v) is 12.4. The minimum Gasteiger partial charge on any atom is -0.457 e. The van der Waals surface area contributed by atoms with Gasteiger partial charge in [0.15, 0.2) is 0 Å². The van der Waals surface area contributed by atoms with E-state index in [9.17, 15) is 14.4 Å². The third kappa shape index (κ3) is 8.78. The minimum absolute atomic E-state index is 0.285. The molecule has 2 N–H and O–H groups in total. The quantitative estimate of drug-likeness (QED) is 0.554. The van der Waals surface area contributed by atoms with Crippen molar-refractivity contribution in [2.75, 3.05) is 11.4 Å². The Labute approximate surface area is 218 Å². The number of nitrogens with zero attached hydrogens (tertiary/aromatic N) is 1. The van der Waals surface area contributed by atoms with E-state index in [4.69, 9.17) is 14.2 Å². The Balaban J connectivity index is 1.77. The lowest BCUT2D eigenvalue weighted by molar-refractivity contribution is -0.121. The number of carbonyl (C=O) groups is 3. The van der Waals surface area contributed by atoms with Crippen LogP contribution in [0, 0.1) is 0 Å². The van der Waals surface area contributed by atoms with Gasteiger partial charge >= 0.3 is 12.2 Å². The molecule has 0 aliphatic carbocycles. The summed E-state index contributed by atoms with van der Waals surface area (Å²) in [5, 5.41) is 6.00. The molecule has 0 saturated carbocycles. The minimum atomic E-state index is -0.799. The van der Waals surface area contributed by atoms with Crippen molar-refractivity contribution < 1.29 is 28.6 Å². The maximum atomic E-state index is 13.6. The van der Waals surface area contributed by atoms with E-state index in [1.807, 2.05) is 30.3 Å². The topological polar surface area (TPSA) is 106 Å². The lowest BCUT2D eigenvalue weighted by Crippen LogP contribution is -2.56. The fourth-order valence-electron chi connectivity index (χ4n) is 3.78. The number of piperidine rings is 1. The molecule has 1 fully saturated rings. The molecule has 0 radical (unpaired) electrons. The molecule has 3 rings (SSSR count). The number of alkyl carbamates (subject to hydrolysis) is 1. The molecule has 2 aromatic carbocycles. The lowest BCUT2D eigenvalue weighted by atomic mass is 9.98. The van der Waals surface area contributed by atoms with E-state index in [0.29, 0.717) is 36.6 Å². The van der Waals surface area contributed by atoms with Crippen molar-refractivity contribution in [3.63, 3.8) is 0 Å². The van der Waals surface area contributed by atoms with E-state index in [1.54, 1.807) is 65.8 Å². The van der Waals surface area contributed by atoms with Gasteiger partial charge in [0.05, 0.1) is 11.7 Å². The van der Waals surface area contributed by atoms with Gasteiger partial charge in [0.25, 0.3) is 5.91 Å². The predicted molar refractivity (Wildman–Crippen MR) is 141 cm³/mol. The van der Waals surface area contributed by atoms with E-state index in [1.165, 1.54) is 0 Å². The Morgan fingerprint density at radius 1 is 0.865 bits per heavy atom. The summed E-state index contributed by atoms with van der Waals surface area (Å²) >= 11 is 0. The molecule has 1 heterocycles. The Morgan fingerprint density at radius 2 is 1.46 bits per heavy atom. The van der Waals surface area contributed by atoms with Crippen LogP contribution in [0.1, 0.15) is 54.4 Å². The third-order valence-electron chi connectivity index (χ3n) is 5.29. The van der Waals surface area contributed by atoms with Crippen LogP contribution in [0.25, 0.3) is 0 Å². The van der Waals surface area contributed by atoms with E-state index < -0.39 is 35.3 Å². The smallest absolute Gasteiger partial charge is 0.421 e. The molecule has 1 aliphatic rings. The number of anilines is 1. The van der Waals surface area contributed by atoms with Crippen molar-refractivity contribution in [1.82, 2.24) is 10.6 Å². The number of nitrogens with one attached hydrogen (secondary N) is 2. The molecule has 37 heavy (non-hydrogen) atoms. The maximum Gasteiger partial charge on any atom is 0.421 e. The van der Waals surface area contributed by atoms with Gasteiger partial charge in [0.1, 0.15) is 22.7 Å². The van der Waals surface area contributed by atoms with Gasteiger partial charge in [-0.3, -0.25) is 4.79 Å². The SMILES string of the molecule is CC(C)(C)OC(=O)N[C@@H]1CCN[C@@H](C(=O)N(C(=O)OC(C)(C)C)c2ccc(Oc3ccccc3)cc2)C1. The van der Waals surface area contributed by atoms with Gasteiger partial charge in [-0.05, 0) is 97.3 Å². The molecule has 2 aromatic rings. The Hall–Kier alpha value is -3.59. The van der Waals surface area contributed by atoms with Crippen LogP contribution in [0.2, 0.25) is 0 Å². The number of para-hydroxylation sites is 1. The highest BCUT2D eigenvalue weighted by Crippen LogP contribution is 2.27. The molecule has 3 amide bonds. The Morgan fingerprint density at radius 3 is 2.05 bits per heavy atom. The molecule has 9 nitrogen and oxygen atoms in total. The van der Waals surface area contributed by atoms with Crippen LogP contribution >= 0.6 is 0 Å². The fraction of sp³-hybridized carbons (Fsp3) is 0.464. The summed E-state index contributed by atoms with van der Waals surface area (Å²) in [7, 11) is 0. The maximum absolute atomic E-state index is 13.6. The number of imide groups is 1. The number of hydrogen-bond donors (Lipinski definition) is 2. The second-order valence-electron chi connectivity index (χ2n) is 10.9. The Kier molecular flexibility index (Phi) is 8.81. The number of amides is 3. The van der Waals surface area contributed by atoms with Crippen molar-refractivity contribution in [1.29, 1.82) is 0 Å². The number of rotatable bonds is 5. The second kappa shape index (κ2) is 11.6. The Bertz CT molecular complexity index is 1070. The van der Waals surface area contributed by atoms with Crippen molar-refractivity contribution in [3.8, 4) is 11.5 Å². The number of hydrogen-bond acceptors (Lipinski definition) is 7. The fourth-order valence-corrected chi connectivity index (χ4v) is 3.78. The van der Waals surface area contributed by atoms with Crippen LogP contribution in [0.5, 0.6) is 11.5 Å². The zero-order valence-corrected chi connectivity index (χ0v) is 22.4. The lowest BCUT2D eigenvalue weighted by Gasteiger charge is -2.34. The van der Waals surface area contributed by atoms with Gasteiger partial charge < -0.3 is 24.8 Å². The highest BCUT2D eigenvalue weighted by Gasteiger charge is 2.36. The predicted octanol–water partition coefficient (Wildman–Crippen LogP) is 5.39. The van der Waals surface area contributed by atoms with Gasteiger partial charge in [0, 0.05) is 6.04 Å². The average Bonchev–Trinajstić information content (AvgIpc) is 2.78. The zero-order chi connectivity index (χ0) is 27.2. The highest BCUT2D eigenvalue weighted by molar-refractivity contribution is 6.14. The van der Waals surface area contributed by atoms with Crippen molar-refractivity contribution in [2.45, 2.75) is 77.7 Å². The van der Waals surface area contributed by atoms with E-state index in [0.717, 1.165) is 4.90 Å². The van der Waals surface area contributed by atoms with Crippen LogP contribution in [0.4, 0.5) is 15.3 Å². The van der Waals surface area contributed by atoms with Crippen molar-refractivity contribution in [3.05, 3.63) is 54.6 Å². The van der Waals surface area contributed by atoms with Crippen LogP contribution in [0.3, 0.4) is 0 Å². The standard InChI is InChI=1S/C28H37N3O6/c1-27(2,3)36-25(33)30-19-16-17-29-23(18-19)24(32)31(26(34)37-28(4,5)6)20-12-14-22(15-13-20)35-21-10-8-7-9-11-21/h7-15,19,23,29H,16-18H2,1-6H3,(H,30,33)/t19-,23-/m1/s1. The van der Waals surface area contributed by atoms with Gasteiger partial charge in [0.2, 0.25) is 0 Å². The first kappa shape index (κ1) is 28.0. The highest BCUT2D eigenvalue weighted by atomic mass is 16.6. The summed E-state index contributed by atoms with van der Waals surface area (Å²) in [6.07, 6.45) is -0.394. The molecule has 9 heteroatoms. The van der Waals surface area contributed by atoms with Gasteiger partial charge in [-0.15, -0.1) is 0 Å². The summed E-state index contributed by atoms with van der Waals surface area (Å²) in [4.78, 5) is 40.1. The molecule has 0 aromatic heterocycles. The molecule has 0 spiro atoms. The van der Waals surface area contributed by atoms with E-state index >= 15 is 0 Å². The van der Waals surface area contributed by atoms with Crippen LogP contribution < -0.4 is 20.3 Å². The van der Waals surface area contributed by atoms with Crippen LogP contribution in [0.15, 0.2) is 54.6 Å². The summed E-state index contributed by atoms with van der Waals surface area (Å²) in [6, 6.07) is 15.0. The van der Waals surface area contributed by atoms with Crippen LogP contribution in [-0.4, -0.2) is 47.9 Å². The summed E-state index contributed by atoms with van der Waals surface area (Å²) in [5.74, 6) is 0.760. The molecule has 0 bridgehead atoms. The summed E-state index contributed by atoms with van der Waals surface area (Å²) < 4.78 is 16.7.